The molecule has 19 heteroatoms. The first-order chi connectivity index (χ1) is 24.2. The van der Waals surface area contributed by atoms with Crippen LogP contribution in [0, 0.1) is 11.8 Å². The number of hydrogen-bond donors (Lipinski definition) is 11. The fourth-order valence-electron chi connectivity index (χ4n) is 4.74. The van der Waals surface area contributed by atoms with Gasteiger partial charge in [-0.25, -0.2) is 4.79 Å². The maximum absolute atomic E-state index is 13.5. The Balaban J connectivity index is 5.79. The molecule has 0 aromatic rings. The van der Waals surface area contributed by atoms with Crippen molar-refractivity contribution in [1.82, 2.24) is 31.9 Å². The third kappa shape index (κ3) is 16.8. The fourth-order valence-corrected chi connectivity index (χ4v) is 4.74. The number of carbonyl (C=O) groups is 8. The largest absolute Gasteiger partial charge is 0.481 e. The zero-order valence-electron chi connectivity index (χ0n) is 31.2. The summed E-state index contributed by atoms with van der Waals surface area (Å²) < 4.78 is 0. The Hall–Kier alpha value is -4.36. The van der Waals surface area contributed by atoms with E-state index in [-0.39, 0.29) is 18.8 Å². The maximum atomic E-state index is 13.5. The highest BCUT2D eigenvalue weighted by molar-refractivity contribution is 5.97. The van der Waals surface area contributed by atoms with Gasteiger partial charge in [0.25, 0.3) is 0 Å². The van der Waals surface area contributed by atoms with E-state index in [0.29, 0.717) is 32.2 Å². The first kappa shape index (κ1) is 47.6. The molecule has 0 aliphatic heterocycles. The fraction of sp³-hybridized carbons (Fsp3) is 0.758. The van der Waals surface area contributed by atoms with Crippen molar-refractivity contribution in [2.75, 3.05) is 6.54 Å². The molecule has 0 rings (SSSR count). The third-order valence-electron chi connectivity index (χ3n) is 8.76. The van der Waals surface area contributed by atoms with E-state index in [9.17, 15) is 53.7 Å². The number of aliphatic hydroxyl groups is 1. The highest BCUT2D eigenvalue weighted by Gasteiger charge is 2.35. The standard InChI is InChI=1S/C33H60N8O11/c1-8-16(3)24(35)30(48)36-18(5)28(46)41-26(20(7)42)32(50)37-19(6)27(45)40-25(17(4)9-2)31(49)38-21(13-14-23(43)44)29(47)39-22(33(51)52)12-10-11-15-34/h16-22,24-26,42H,8-15,34-35H2,1-7H3,(H,36,48)(H,37,50)(H,38,49)(H,39,47)(H,40,45)(H,41,46)(H,43,44)(H,51,52)/t16-,17-,18-,19-,20+,21-,22-,24-,25-,26-/m0/s1. The Bertz CT molecular complexity index is 1230. The van der Waals surface area contributed by atoms with Gasteiger partial charge in [-0.3, -0.25) is 33.6 Å². The molecule has 0 unspecified atom stereocenters. The molecule has 0 saturated carbocycles. The predicted molar refractivity (Wildman–Crippen MR) is 189 cm³/mol. The summed E-state index contributed by atoms with van der Waals surface area (Å²) in [4.78, 5) is 101. The Kier molecular flexibility index (Phi) is 22.0. The van der Waals surface area contributed by atoms with Crippen LogP contribution < -0.4 is 43.4 Å². The summed E-state index contributed by atoms with van der Waals surface area (Å²) in [6, 6.07) is -8.92. The van der Waals surface area contributed by atoms with Gasteiger partial charge < -0.3 is 58.7 Å². The Morgan fingerprint density at radius 1 is 0.577 bits per heavy atom. The Morgan fingerprint density at radius 2 is 1.06 bits per heavy atom. The number of nitrogens with one attached hydrogen (secondary N) is 6. The van der Waals surface area contributed by atoms with E-state index in [2.05, 4.69) is 31.9 Å². The van der Waals surface area contributed by atoms with Gasteiger partial charge in [-0.2, -0.15) is 0 Å². The average Bonchev–Trinajstić information content (AvgIpc) is 3.08. The summed E-state index contributed by atoms with van der Waals surface area (Å²) in [6.45, 7) is 11.2. The van der Waals surface area contributed by atoms with Crippen LogP contribution in [0.4, 0.5) is 0 Å². The molecular weight excluding hydrogens is 684 g/mol. The number of aliphatic hydroxyl groups excluding tert-OH is 1. The zero-order chi connectivity index (χ0) is 40.3. The van der Waals surface area contributed by atoms with Crippen LogP contribution in [0.1, 0.15) is 93.4 Å². The van der Waals surface area contributed by atoms with Crippen LogP contribution >= 0.6 is 0 Å². The second kappa shape index (κ2) is 24.0. The molecule has 0 aliphatic carbocycles. The van der Waals surface area contributed by atoms with Crippen molar-refractivity contribution < 1.29 is 53.7 Å². The number of carbonyl (C=O) groups excluding carboxylic acids is 6. The van der Waals surface area contributed by atoms with Crippen LogP contribution in [0.2, 0.25) is 0 Å². The van der Waals surface area contributed by atoms with Gasteiger partial charge in [-0.05, 0) is 64.8 Å². The number of unbranched alkanes of at least 4 members (excludes halogenated alkanes) is 1. The van der Waals surface area contributed by atoms with Crippen molar-refractivity contribution in [2.24, 2.45) is 23.3 Å². The van der Waals surface area contributed by atoms with E-state index in [4.69, 9.17) is 11.5 Å². The number of rotatable bonds is 25. The van der Waals surface area contributed by atoms with E-state index in [1.807, 2.05) is 6.92 Å². The summed E-state index contributed by atoms with van der Waals surface area (Å²) in [5.74, 6) is -8.24. The summed E-state index contributed by atoms with van der Waals surface area (Å²) >= 11 is 0. The molecule has 0 spiro atoms. The van der Waals surface area contributed by atoms with Crippen LogP contribution in [0.25, 0.3) is 0 Å². The lowest BCUT2D eigenvalue weighted by atomic mass is 9.97. The van der Waals surface area contributed by atoms with Gasteiger partial charge in [-0.15, -0.1) is 0 Å². The zero-order valence-corrected chi connectivity index (χ0v) is 31.2. The van der Waals surface area contributed by atoms with Gasteiger partial charge in [0.1, 0.15) is 36.3 Å². The molecular formula is C33H60N8O11. The number of carboxylic acids is 2. The van der Waals surface area contributed by atoms with Crippen molar-refractivity contribution in [3.8, 4) is 0 Å². The summed E-state index contributed by atoms with van der Waals surface area (Å²) in [5, 5.41) is 43.5. The molecule has 0 fully saturated rings. The number of nitrogens with two attached hydrogens (primary N) is 2. The molecule has 0 bridgehead atoms. The highest BCUT2D eigenvalue weighted by Crippen LogP contribution is 2.11. The Morgan fingerprint density at radius 3 is 1.52 bits per heavy atom. The number of hydrogen-bond acceptors (Lipinski definition) is 11. The molecule has 0 radical (unpaired) electrons. The van der Waals surface area contributed by atoms with Crippen LogP contribution in [0.5, 0.6) is 0 Å². The highest BCUT2D eigenvalue weighted by atomic mass is 16.4. The van der Waals surface area contributed by atoms with Crippen molar-refractivity contribution in [3.05, 3.63) is 0 Å². The van der Waals surface area contributed by atoms with E-state index in [0.717, 1.165) is 0 Å². The van der Waals surface area contributed by atoms with E-state index in [1.54, 1.807) is 20.8 Å². The van der Waals surface area contributed by atoms with Crippen LogP contribution in [0.3, 0.4) is 0 Å². The van der Waals surface area contributed by atoms with E-state index in [1.165, 1.54) is 20.8 Å². The molecule has 52 heavy (non-hydrogen) atoms. The van der Waals surface area contributed by atoms with Gasteiger partial charge in [0.15, 0.2) is 0 Å². The molecule has 10 atom stereocenters. The van der Waals surface area contributed by atoms with Crippen molar-refractivity contribution >= 4 is 47.4 Å². The lowest BCUT2D eigenvalue weighted by Gasteiger charge is -2.29. The van der Waals surface area contributed by atoms with Gasteiger partial charge in [0.05, 0.1) is 12.1 Å². The van der Waals surface area contributed by atoms with E-state index < -0.39 is 108 Å². The minimum atomic E-state index is -1.54. The van der Waals surface area contributed by atoms with Gasteiger partial charge in [-0.1, -0.05) is 40.5 Å². The van der Waals surface area contributed by atoms with Crippen LogP contribution in [-0.2, 0) is 38.4 Å². The molecule has 0 aliphatic rings. The summed E-state index contributed by atoms with van der Waals surface area (Å²) in [5.41, 5.74) is 11.4. The minimum Gasteiger partial charge on any atom is -0.481 e. The van der Waals surface area contributed by atoms with Crippen molar-refractivity contribution in [2.45, 2.75) is 142 Å². The second-order valence-electron chi connectivity index (χ2n) is 13.1. The monoisotopic (exact) mass is 744 g/mol. The second-order valence-corrected chi connectivity index (χ2v) is 13.1. The number of carboxylic acid groups (broad SMARTS) is 2. The topological polar surface area (TPSA) is 321 Å². The molecule has 6 amide bonds. The van der Waals surface area contributed by atoms with E-state index >= 15 is 0 Å². The average molecular weight is 745 g/mol. The molecule has 0 heterocycles. The van der Waals surface area contributed by atoms with Gasteiger partial charge >= 0.3 is 11.9 Å². The predicted octanol–water partition coefficient (Wildman–Crippen LogP) is -2.19. The van der Waals surface area contributed by atoms with Crippen LogP contribution in [0.15, 0.2) is 0 Å². The quantitative estimate of drug-likeness (QED) is 0.0444. The molecule has 0 aromatic carbocycles. The smallest absolute Gasteiger partial charge is 0.326 e. The SMILES string of the molecule is CC[C@H](C)[C@H](N)C(=O)N[C@@H](C)C(=O)N[C@H](C(=O)N[C@@H](C)C(=O)N[C@H](C(=O)N[C@@H](CCC(=O)O)C(=O)N[C@@H](CCCCN)C(=O)O)[C@@H](C)CC)[C@@H](C)O. The van der Waals surface area contributed by atoms with Crippen LogP contribution in [-0.4, -0.2) is 118 Å². The molecule has 13 N–H and O–H groups in total. The van der Waals surface area contributed by atoms with Crippen molar-refractivity contribution in [1.29, 1.82) is 0 Å². The number of amides is 6. The lowest BCUT2D eigenvalue weighted by Crippen LogP contribution is -2.61. The molecule has 0 aromatic heterocycles. The molecule has 0 saturated heterocycles. The first-order valence-electron chi connectivity index (χ1n) is 17.6. The lowest BCUT2D eigenvalue weighted by molar-refractivity contribution is -0.143. The van der Waals surface area contributed by atoms with Gasteiger partial charge in [0.2, 0.25) is 35.4 Å². The Labute approximate surface area is 304 Å². The summed E-state index contributed by atoms with van der Waals surface area (Å²) in [7, 11) is 0. The maximum Gasteiger partial charge on any atom is 0.326 e. The molecule has 19 nitrogen and oxygen atoms in total. The number of aliphatic carboxylic acids is 2. The third-order valence-corrected chi connectivity index (χ3v) is 8.76. The minimum absolute atomic E-state index is 0.0509. The molecule has 298 valence electrons. The normalized spacial score (nSPS) is 16.9. The summed E-state index contributed by atoms with van der Waals surface area (Å²) in [6.07, 6.45) is -0.404. The van der Waals surface area contributed by atoms with Crippen molar-refractivity contribution in [3.63, 3.8) is 0 Å². The van der Waals surface area contributed by atoms with Gasteiger partial charge in [0, 0.05) is 6.42 Å². The first-order valence-corrected chi connectivity index (χ1v) is 17.6.